The van der Waals surface area contributed by atoms with E-state index in [9.17, 15) is 4.39 Å². The van der Waals surface area contributed by atoms with Crippen LogP contribution in [-0.4, -0.2) is 18.8 Å². The number of halogens is 1. The van der Waals surface area contributed by atoms with Crippen molar-refractivity contribution < 1.29 is 9.13 Å². The fourth-order valence-corrected chi connectivity index (χ4v) is 2.15. The molecule has 1 N–H and O–H groups in total. The molecule has 1 aromatic rings. The molecule has 102 valence electrons. The molecule has 0 bridgehead atoms. The van der Waals surface area contributed by atoms with Crippen molar-refractivity contribution in [1.82, 2.24) is 5.32 Å². The van der Waals surface area contributed by atoms with E-state index in [-0.39, 0.29) is 17.5 Å². The van der Waals surface area contributed by atoms with Crippen LogP contribution >= 0.6 is 0 Å². The molecule has 2 atom stereocenters. The van der Waals surface area contributed by atoms with E-state index in [0.29, 0.717) is 6.04 Å². The van der Waals surface area contributed by atoms with E-state index in [1.807, 2.05) is 12.1 Å². The van der Waals surface area contributed by atoms with E-state index in [0.717, 1.165) is 12.0 Å². The second kappa shape index (κ2) is 6.30. The third-order valence-corrected chi connectivity index (χ3v) is 3.25. The van der Waals surface area contributed by atoms with E-state index >= 15 is 0 Å². The average molecular weight is 253 g/mol. The predicted molar refractivity (Wildman–Crippen MR) is 73.1 cm³/mol. The van der Waals surface area contributed by atoms with Gasteiger partial charge in [-0.1, -0.05) is 12.1 Å². The van der Waals surface area contributed by atoms with Crippen LogP contribution in [0.25, 0.3) is 0 Å². The number of methoxy groups -OCH3 is 1. The van der Waals surface area contributed by atoms with Gasteiger partial charge in [-0.3, -0.25) is 0 Å². The van der Waals surface area contributed by atoms with Gasteiger partial charge in [0, 0.05) is 19.2 Å². The first kappa shape index (κ1) is 15.1. The minimum Gasteiger partial charge on any atom is -0.379 e. The molecule has 0 aliphatic carbocycles. The molecule has 3 heteroatoms. The van der Waals surface area contributed by atoms with Crippen LogP contribution in [0.4, 0.5) is 4.39 Å². The minimum atomic E-state index is -0.195. The summed E-state index contributed by atoms with van der Waals surface area (Å²) in [6.45, 7) is 8.38. The molecule has 2 nitrogen and oxygen atoms in total. The van der Waals surface area contributed by atoms with Crippen molar-refractivity contribution in [3.05, 3.63) is 35.6 Å². The maximum absolute atomic E-state index is 12.8. The molecule has 0 aromatic heterocycles. The van der Waals surface area contributed by atoms with Crippen LogP contribution in [0, 0.1) is 5.82 Å². The molecule has 0 radical (unpaired) electrons. The molecular formula is C15H24FNO. The summed E-state index contributed by atoms with van der Waals surface area (Å²) in [6.07, 6.45) is 0.926. The third kappa shape index (κ3) is 4.75. The zero-order chi connectivity index (χ0) is 13.8. The summed E-state index contributed by atoms with van der Waals surface area (Å²) in [7, 11) is 1.73. The van der Waals surface area contributed by atoms with Crippen LogP contribution in [0.3, 0.4) is 0 Å². The Labute approximate surface area is 110 Å². The summed E-state index contributed by atoms with van der Waals surface area (Å²) >= 11 is 0. The van der Waals surface area contributed by atoms with E-state index in [1.54, 1.807) is 7.11 Å². The Hall–Kier alpha value is -0.930. The monoisotopic (exact) mass is 253 g/mol. The highest BCUT2D eigenvalue weighted by molar-refractivity contribution is 5.19. The Morgan fingerprint density at radius 1 is 1.22 bits per heavy atom. The van der Waals surface area contributed by atoms with Gasteiger partial charge in [-0.25, -0.2) is 4.39 Å². The van der Waals surface area contributed by atoms with Gasteiger partial charge in [0.2, 0.25) is 0 Å². The zero-order valence-electron chi connectivity index (χ0n) is 12.0. The molecule has 18 heavy (non-hydrogen) atoms. The lowest BCUT2D eigenvalue weighted by molar-refractivity contribution is 0.00782. The van der Waals surface area contributed by atoms with E-state index in [2.05, 4.69) is 33.0 Å². The number of benzene rings is 1. The average Bonchev–Trinajstić information content (AvgIpc) is 2.29. The smallest absolute Gasteiger partial charge is 0.123 e. The van der Waals surface area contributed by atoms with Crippen LogP contribution in [0.5, 0.6) is 0 Å². The van der Waals surface area contributed by atoms with Crippen molar-refractivity contribution in [3.63, 3.8) is 0 Å². The molecule has 1 rings (SSSR count). The molecular weight excluding hydrogens is 229 g/mol. The normalized spacial score (nSPS) is 15.4. The number of hydrogen-bond acceptors (Lipinski definition) is 2. The standard InChI is InChI=1S/C15H24FNO/c1-11(10-15(3,4)18-5)17-12(2)13-6-8-14(16)9-7-13/h6-9,11-12,17H,10H2,1-5H3/t11?,12-/m1/s1. The Bertz CT molecular complexity index is 361. The number of hydrogen-bond donors (Lipinski definition) is 1. The first-order valence-corrected chi connectivity index (χ1v) is 6.41. The summed E-state index contributed by atoms with van der Waals surface area (Å²) in [5.41, 5.74) is 0.966. The first-order chi connectivity index (χ1) is 8.34. The molecule has 0 saturated heterocycles. The Morgan fingerprint density at radius 3 is 2.28 bits per heavy atom. The van der Waals surface area contributed by atoms with Gasteiger partial charge in [-0.2, -0.15) is 0 Å². The van der Waals surface area contributed by atoms with Crippen LogP contribution in [0.15, 0.2) is 24.3 Å². The first-order valence-electron chi connectivity index (χ1n) is 6.41. The van der Waals surface area contributed by atoms with Gasteiger partial charge in [0.15, 0.2) is 0 Å². The minimum absolute atomic E-state index is 0.130. The number of ether oxygens (including phenoxy) is 1. The summed E-state index contributed by atoms with van der Waals surface area (Å²) in [6, 6.07) is 7.17. The van der Waals surface area contributed by atoms with E-state index in [4.69, 9.17) is 4.74 Å². The van der Waals surface area contributed by atoms with Gasteiger partial charge in [0.05, 0.1) is 5.60 Å². The highest BCUT2D eigenvalue weighted by atomic mass is 19.1. The molecule has 0 amide bonds. The van der Waals surface area contributed by atoms with Crippen molar-refractivity contribution in [3.8, 4) is 0 Å². The third-order valence-electron chi connectivity index (χ3n) is 3.25. The Morgan fingerprint density at radius 2 is 1.78 bits per heavy atom. The topological polar surface area (TPSA) is 21.3 Å². The van der Waals surface area contributed by atoms with Crippen LogP contribution in [0.1, 0.15) is 45.7 Å². The molecule has 0 fully saturated rings. The lowest BCUT2D eigenvalue weighted by atomic mass is 9.98. The van der Waals surface area contributed by atoms with Crippen LogP contribution in [0.2, 0.25) is 0 Å². The molecule has 1 aromatic carbocycles. The lowest BCUT2D eigenvalue weighted by Gasteiger charge is -2.29. The van der Waals surface area contributed by atoms with Crippen LogP contribution in [-0.2, 0) is 4.74 Å². The number of nitrogens with one attached hydrogen (secondary N) is 1. The fraction of sp³-hybridized carbons (Fsp3) is 0.600. The predicted octanol–water partition coefficient (Wildman–Crippen LogP) is 3.68. The van der Waals surface area contributed by atoms with Crippen molar-refractivity contribution in [2.45, 2.75) is 51.8 Å². The van der Waals surface area contributed by atoms with Gasteiger partial charge in [-0.05, 0) is 51.8 Å². The van der Waals surface area contributed by atoms with Crippen molar-refractivity contribution in [2.75, 3.05) is 7.11 Å². The fourth-order valence-electron chi connectivity index (χ4n) is 2.15. The maximum Gasteiger partial charge on any atom is 0.123 e. The Balaban J connectivity index is 2.54. The zero-order valence-corrected chi connectivity index (χ0v) is 12.0. The summed E-state index contributed by atoms with van der Waals surface area (Å²) in [4.78, 5) is 0. The highest BCUT2D eigenvalue weighted by Gasteiger charge is 2.21. The van der Waals surface area contributed by atoms with Crippen molar-refractivity contribution >= 4 is 0 Å². The second-order valence-corrected chi connectivity index (χ2v) is 5.51. The maximum atomic E-state index is 12.8. The SMILES string of the molecule is COC(C)(C)CC(C)N[C@H](C)c1ccc(F)cc1. The second-order valence-electron chi connectivity index (χ2n) is 5.51. The quantitative estimate of drug-likeness (QED) is 0.835. The molecule has 1 unspecified atom stereocenters. The van der Waals surface area contributed by atoms with Gasteiger partial charge in [0.25, 0.3) is 0 Å². The summed E-state index contributed by atoms with van der Waals surface area (Å²) < 4.78 is 18.3. The Kier molecular flexibility index (Phi) is 5.29. The van der Waals surface area contributed by atoms with E-state index < -0.39 is 0 Å². The summed E-state index contributed by atoms with van der Waals surface area (Å²) in [5, 5.41) is 3.50. The van der Waals surface area contributed by atoms with Gasteiger partial charge >= 0.3 is 0 Å². The van der Waals surface area contributed by atoms with Gasteiger partial charge < -0.3 is 10.1 Å². The van der Waals surface area contributed by atoms with Crippen molar-refractivity contribution in [1.29, 1.82) is 0 Å². The molecule has 0 spiro atoms. The lowest BCUT2D eigenvalue weighted by Crippen LogP contribution is -2.36. The number of rotatable bonds is 6. The van der Waals surface area contributed by atoms with E-state index in [1.165, 1.54) is 12.1 Å². The molecule has 0 heterocycles. The van der Waals surface area contributed by atoms with Crippen LogP contribution < -0.4 is 5.32 Å². The summed E-state index contributed by atoms with van der Waals surface area (Å²) in [5.74, 6) is -0.195. The van der Waals surface area contributed by atoms with Gasteiger partial charge in [0.1, 0.15) is 5.82 Å². The van der Waals surface area contributed by atoms with Crippen molar-refractivity contribution in [2.24, 2.45) is 0 Å². The largest absolute Gasteiger partial charge is 0.379 e. The molecule has 0 aliphatic rings. The molecule has 0 saturated carbocycles. The molecule has 0 aliphatic heterocycles. The van der Waals surface area contributed by atoms with Gasteiger partial charge in [-0.15, -0.1) is 0 Å². The highest BCUT2D eigenvalue weighted by Crippen LogP contribution is 2.19.